The van der Waals surface area contributed by atoms with Crippen molar-refractivity contribution >= 4 is 18.2 Å². The molecule has 1 aliphatic carbocycles. The molecule has 3 unspecified atom stereocenters. The summed E-state index contributed by atoms with van der Waals surface area (Å²) in [6.45, 7) is 15.2. The molecule has 0 saturated heterocycles. The molecule has 230 valence electrons. The van der Waals surface area contributed by atoms with Crippen molar-refractivity contribution in [1.82, 2.24) is 0 Å². The first-order chi connectivity index (χ1) is 19.9. The molecule has 4 heteroatoms. The second-order valence-corrected chi connectivity index (χ2v) is 13.0. The van der Waals surface area contributed by atoms with Gasteiger partial charge in [0.15, 0.2) is 0 Å². The lowest BCUT2D eigenvalue weighted by atomic mass is 9.65. The lowest BCUT2D eigenvalue weighted by molar-refractivity contribution is 0.133. The first kappa shape index (κ1) is 33.7. The third kappa shape index (κ3) is 8.17. The van der Waals surface area contributed by atoms with Crippen molar-refractivity contribution in [2.45, 2.75) is 111 Å². The predicted octanol–water partition coefficient (Wildman–Crippen LogP) is 9.01. The summed E-state index contributed by atoms with van der Waals surface area (Å²) < 4.78 is 5.93. The molecule has 2 aromatic rings. The summed E-state index contributed by atoms with van der Waals surface area (Å²) in [5.41, 5.74) is 22.3. The molecule has 3 rings (SSSR count). The average Bonchev–Trinajstić information content (AvgIpc) is 2.94. The Morgan fingerprint density at radius 2 is 1.71 bits per heavy atom. The van der Waals surface area contributed by atoms with Crippen LogP contribution in [-0.2, 0) is 12.8 Å². The summed E-state index contributed by atoms with van der Waals surface area (Å²) >= 11 is 0. The molecule has 3 atom stereocenters. The van der Waals surface area contributed by atoms with E-state index in [9.17, 15) is 5.11 Å². The zero-order valence-electron chi connectivity index (χ0n) is 27.5. The minimum absolute atomic E-state index is 0.0360. The number of nitrogens with two attached hydrogens (primary N) is 2. The second-order valence-electron chi connectivity index (χ2n) is 13.0. The molecule has 5 N–H and O–H groups in total. The van der Waals surface area contributed by atoms with Crippen molar-refractivity contribution < 1.29 is 9.84 Å². The van der Waals surface area contributed by atoms with Gasteiger partial charge in [0.1, 0.15) is 11.5 Å². The van der Waals surface area contributed by atoms with Gasteiger partial charge in [-0.1, -0.05) is 76.5 Å². The van der Waals surface area contributed by atoms with E-state index in [0.717, 1.165) is 65.7 Å². The molecule has 0 aliphatic heterocycles. The Hall–Kier alpha value is -2.82. The van der Waals surface area contributed by atoms with Crippen molar-refractivity contribution in [3.05, 3.63) is 74.9 Å². The fraction of sp³-hybridized carbons (Fsp3) is 0.526. The van der Waals surface area contributed by atoms with Crippen molar-refractivity contribution in [2.75, 3.05) is 7.11 Å². The number of phenolic OH excluding ortho intramolecular Hbond substituents is 1. The molecule has 0 heterocycles. The zero-order chi connectivity index (χ0) is 31.0. The van der Waals surface area contributed by atoms with E-state index >= 15 is 0 Å². The van der Waals surface area contributed by atoms with Gasteiger partial charge in [-0.2, -0.15) is 0 Å². The molecule has 0 radical (unpaired) electrons. The topological polar surface area (TPSA) is 81.5 Å². The highest BCUT2D eigenvalue weighted by Crippen LogP contribution is 2.40. The molecule has 1 aliphatic rings. The maximum absolute atomic E-state index is 11.1. The lowest BCUT2D eigenvalue weighted by Gasteiger charge is -2.45. The Kier molecular flexibility index (Phi) is 12.1. The Morgan fingerprint density at radius 1 is 1.07 bits per heavy atom. The van der Waals surface area contributed by atoms with Crippen LogP contribution < -0.4 is 16.2 Å². The fourth-order valence-electron chi connectivity index (χ4n) is 6.50. The largest absolute Gasteiger partial charge is 0.507 e. The number of hydrogen-bond acceptors (Lipinski definition) is 4. The van der Waals surface area contributed by atoms with Gasteiger partial charge >= 0.3 is 0 Å². The number of hydrogen-bond donors (Lipinski definition) is 3. The molecule has 0 aromatic heterocycles. The minimum atomic E-state index is -0.217. The highest BCUT2D eigenvalue weighted by molar-refractivity contribution is 5.75. The van der Waals surface area contributed by atoms with Crippen LogP contribution in [0.15, 0.2) is 41.5 Å². The molecular weight excluding hydrogens is 516 g/mol. The van der Waals surface area contributed by atoms with Crippen molar-refractivity contribution in [3.8, 4) is 11.5 Å². The van der Waals surface area contributed by atoms with Gasteiger partial charge < -0.3 is 21.3 Å². The summed E-state index contributed by atoms with van der Waals surface area (Å²) in [6, 6.07) is 8.37. The number of aryl methyl sites for hydroxylation is 1. The first-order valence-electron chi connectivity index (χ1n) is 16.0. The van der Waals surface area contributed by atoms with E-state index in [1.54, 1.807) is 7.11 Å². The van der Waals surface area contributed by atoms with Crippen molar-refractivity contribution in [1.29, 1.82) is 0 Å². The van der Waals surface area contributed by atoms with Gasteiger partial charge in [0, 0.05) is 17.1 Å². The molecule has 0 spiro atoms. The van der Waals surface area contributed by atoms with Gasteiger partial charge in [-0.15, -0.1) is 0 Å². The van der Waals surface area contributed by atoms with Crippen LogP contribution >= 0.6 is 0 Å². The summed E-state index contributed by atoms with van der Waals surface area (Å²) in [4.78, 5) is 0. The average molecular weight is 573 g/mol. The monoisotopic (exact) mass is 572 g/mol. The lowest BCUT2D eigenvalue weighted by Crippen LogP contribution is -2.55. The summed E-state index contributed by atoms with van der Waals surface area (Å²) in [5, 5.41) is 11.1. The van der Waals surface area contributed by atoms with Gasteiger partial charge in [-0.05, 0) is 123 Å². The maximum Gasteiger partial charge on any atom is 0.123 e. The Balaban J connectivity index is 1.98. The van der Waals surface area contributed by atoms with E-state index in [4.69, 9.17) is 16.2 Å². The molecule has 42 heavy (non-hydrogen) atoms. The Morgan fingerprint density at radius 3 is 2.26 bits per heavy atom. The molecule has 4 nitrogen and oxygen atoms in total. The van der Waals surface area contributed by atoms with Gasteiger partial charge in [0.2, 0.25) is 0 Å². The van der Waals surface area contributed by atoms with Crippen LogP contribution in [0.2, 0.25) is 0 Å². The quantitative estimate of drug-likeness (QED) is 0.175. The fourth-order valence-corrected chi connectivity index (χ4v) is 6.50. The van der Waals surface area contributed by atoms with Crippen LogP contribution in [0, 0.1) is 18.8 Å². The van der Waals surface area contributed by atoms with E-state index in [0.29, 0.717) is 11.8 Å². The summed E-state index contributed by atoms with van der Waals surface area (Å²) in [5.74, 6) is 2.17. The number of aromatic hydroxyl groups is 1. The Labute approximate surface area is 255 Å². The molecular formula is C38H56N2O2. The van der Waals surface area contributed by atoms with Crippen LogP contribution in [0.1, 0.15) is 113 Å². The van der Waals surface area contributed by atoms with Crippen LogP contribution in [0.4, 0.5) is 0 Å². The number of benzene rings is 2. The molecule has 2 aromatic carbocycles. The molecule has 1 saturated carbocycles. The molecule has 0 amide bonds. The Bertz CT molecular complexity index is 1270. The van der Waals surface area contributed by atoms with Gasteiger partial charge in [-0.3, -0.25) is 0 Å². The van der Waals surface area contributed by atoms with Gasteiger partial charge in [0.05, 0.1) is 7.11 Å². The van der Waals surface area contributed by atoms with E-state index in [2.05, 4.69) is 84.0 Å². The number of methoxy groups -OCH3 is 1. The van der Waals surface area contributed by atoms with E-state index < -0.39 is 0 Å². The number of allylic oxidation sites excluding steroid dienone is 2. The SMILES string of the molecule is CCCc1c(CC2(N)C(C)CCCC2C)cc(/C=C/c2cc(C)c(/C=C(/CC=C(C)C)C(N)CC)c(O)c2)cc1OC. The van der Waals surface area contributed by atoms with Crippen molar-refractivity contribution in [2.24, 2.45) is 23.3 Å². The predicted molar refractivity (Wildman–Crippen MR) is 182 cm³/mol. The zero-order valence-corrected chi connectivity index (χ0v) is 27.5. The van der Waals surface area contributed by atoms with Gasteiger partial charge in [-0.25, -0.2) is 0 Å². The smallest absolute Gasteiger partial charge is 0.123 e. The van der Waals surface area contributed by atoms with Crippen LogP contribution in [-0.4, -0.2) is 23.8 Å². The number of phenols is 1. The van der Waals surface area contributed by atoms with Crippen LogP contribution in [0.3, 0.4) is 0 Å². The summed E-state index contributed by atoms with van der Waals surface area (Å²) in [7, 11) is 1.76. The van der Waals surface area contributed by atoms with E-state index in [1.165, 1.54) is 36.0 Å². The van der Waals surface area contributed by atoms with Gasteiger partial charge in [0.25, 0.3) is 0 Å². The number of rotatable bonds is 12. The van der Waals surface area contributed by atoms with Crippen molar-refractivity contribution in [3.63, 3.8) is 0 Å². The highest BCUT2D eigenvalue weighted by atomic mass is 16.5. The third-order valence-corrected chi connectivity index (χ3v) is 9.50. The standard InChI is InChI=1S/C38H56N2O2/c1-9-12-33-32(24-38(40)27(6)13-11-14-28(38)7)20-30(22-37(33)42-8)17-16-29-19-26(5)34(36(41)21-29)23-31(35(39)10-2)18-15-25(3)4/h15-17,19-23,27-28,35,41H,9-14,18,24,39-40H2,1-8H3/b17-16+,31-23-. The normalized spacial score (nSPS) is 21.9. The third-order valence-electron chi connectivity index (χ3n) is 9.50. The minimum Gasteiger partial charge on any atom is -0.507 e. The van der Waals surface area contributed by atoms with E-state index in [-0.39, 0.29) is 17.3 Å². The highest BCUT2D eigenvalue weighted by Gasteiger charge is 2.40. The van der Waals surface area contributed by atoms with E-state index in [1.807, 2.05) is 13.0 Å². The number of ether oxygens (including phenoxy) is 1. The second kappa shape index (κ2) is 15.1. The summed E-state index contributed by atoms with van der Waals surface area (Å²) in [6.07, 6.45) is 16.6. The maximum atomic E-state index is 11.1. The van der Waals surface area contributed by atoms with Crippen LogP contribution in [0.25, 0.3) is 18.2 Å². The molecule has 1 fully saturated rings. The van der Waals surface area contributed by atoms with Crippen LogP contribution in [0.5, 0.6) is 11.5 Å². The molecule has 0 bridgehead atoms. The first-order valence-corrected chi connectivity index (χ1v) is 16.0.